The average molecular weight is 225 g/mol. The fraction of sp³-hybridized carbons (Fsp3) is 0.417. The van der Waals surface area contributed by atoms with Crippen LogP contribution in [0.5, 0.6) is 5.75 Å². The Labute approximate surface area is 94.2 Å². The fourth-order valence-electron chi connectivity index (χ4n) is 1.74. The molecule has 0 bridgehead atoms. The Hall–Kier alpha value is -1.02. The predicted molar refractivity (Wildman–Crippen MR) is 60.0 cm³/mol. The predicted octanol–water partition coefficient (Wildman–Crippen LogP) is 3.43. The molecule has 0 saturated heterocycles. The first-order valence-corrected chi connectivity index (χ1v) is 5.47. The Kier molecular flexibility index (Phi) is 2.70. The molecule has 1 aromatic rings. The zero-order chi connectivity index (χ0) is 11.0. The zero-order valence-corrected chi connectivity index (χ0v) is 9.60. The van der Waals surface area contributed by atoms with Crippen molar-refractivity contribution in [3.05, 3.63) is 28.3 Å². The van der Waals surface area contributed by atoms with Crippen molar-refractivity contribution in [1.29, 1.82) is 0 Å². The molecule has 0 aromatic heterocycles. The summed E-state index contributed by atoms with van der Waals surface area (Å²) in [7, 11) is 0. The van der Waals surface area contributed by atoms with Crippen LogP contribution in [0, 0.1) is 0 Å². The Bertz CT molecular complexity index is 410. The molecule has 1 heterocycles. The summed E-state index contributed by atoms with van der Waals surface area (Å²) in [4.78, 5) is 11.6. The van der Waals surface area contributed by atoms with Crippen LogP contribution in [0.15, 0.2) is 12.1 Å². The van der Waals surface area contributed by atoms with Crippen molar-refractivity contribution >= 4 is 17.4 Å². The van der Waals surface area contributed by atoms with Crippen molar-refractivity contribution in [2.45, 2.75) is 26.2 Å². The molecule has 2 rings (SSSR count). The second-order valence-corrected chi connectivity index (χ2v) is 4.45. The van der Waals surface area contributed by atoms with Gasteiger partial charge < -0.3 is 4.74 Å². The van der Waals surface area contributed by atoms with Gasteiger partial charge in [0.15, 0.2) is 5.78 Å². The third-order valence-electron chi connectivity index (χ3n) is 2.61. The largest absolute Gasteiger partial charge is 0.492 e. The van der Waals surface area contributed by atoms with Crippen LogP contribution in [0.4, 0.5) is 0 Å². The van der Waals surface area contributed by atoms with Crippen molar-refractivity contribution in [3.8, 4) is 5.75 Å². The Morgan fingerprint density at radius 1 is 1.40 bits per heavy atom. The van der Waals surface area contributed by atoms with Gasteiger partial charge in [0.2, 0.25) is 0 Å². The van der Waals surface area contributed by atoms with Gasteiger partial charge in [-0.15, -0.1) is 0 Å². The molecule has 3 heteroatoms. The second-order valence-electron chi connectivity index (χ2n) is 4.05. The van der Waals surface area contributed by atoms with Crippen LogP contribution >= 0.6 is 11.6 Å². The topological polar surface area (TPSA) is 26.3 Å². The van der Waals surface area contributed by atoms with Crippen LogP contribution in [0.2, 0.25) is 5.02 Å². The molecule has 0 amide bonds. The molecular formula is C12H13ClO2. The molecule has 0 unspecified atom stereocenters. The lowest BCUT2D eigenvalue weighted by molar-refractivity contribution is 0.0933. The maximum absolute atomic E-state index is 11.6. The number of hydrogen-bond donors (Lipinski definition) is 0. The maximum Gasteiger partial charge on any atom is 0.170 e. The Balaban J connectivity index is 2.54. The number of halogens is 1. The van der Waals surface area contributed by atoms with Crippen molar-refractivity contribution in [1.82, 2.24) is 0 Å². The van der Waals surface area contributed by atoms with Gasteiger partial charge in [-0.25, -0.2) is 0 Å². The minimum absolute atomic E-state index is 0.119. The lowest BCUT2D eigenvalue weighted by Gasteiger charge is -2.19. The van der Waals surface area contributed by atoms with Crippen molar-refractivity contribution in [2.75, 3.05) is 6.61 Å². The van der Waals surface area contributed by atoms with E-state index in [1.54, 1.807) is 6.07 Å². The lowest BCUT2D eigenvalue weighted by atomic mass is 9.97. The summed E-state index contributed by atoms with van der Waals surface area (Å²) in [5, 5.41) is 0.655. The van der Waals surface area contributed by atoms with Crippen molar-refractivity contribution in [3.63, 3.8) is 0 Å². The van der Waals surface area contributed by atoms with Crippen LogP contribution in [-0.2, 0) is 0 Å². The Morgan fingerprint density at radius 2 is 2.13 bits per heavy atom. The highest BCUT2D eigenvalue weighted by atomic mass is 35.5. The van der Waals surface area contributed by atoms with Gasteiger partial charge in [-0.2, -0.15) is 0 Å². The summed E-state index contributed by atoms with van der Waals surface area (Å²) >= 11 is 6.11. The normalized spacial score (nSPS) is 15.1. The van der Waals surface area contributed by atoms with E-state index >= 15 is 0 Å². The molecule has 1 aliphatic rings. The molecule has 15 heavy (non-hydrogen) atoms. The molecule has 0 saturated carbocycles. The first-order valence-electron chi connectivity index (χ1n) is 5.09. The molecule has 0 atom stereocenters. The summed E-state index contributed by atoms with van der Waals surface area (Å²) in [6.45, 7) is 4.61. The number of carbonyl (C=O) groups is 1. The van der Waals surface area contributed by atoms with Crippen LogP contribution in [0.1, 0.15) is 42.1 Å². The summed E-state index contributed by atoms with van der Waals surface area (Å²) in [6, 6.07) is 3.62. The van der Waals surface area contributed by atoms with E-state index in [0.29, 0.717) is 35.3 Å². The van der Waals surface area contributed by atoms with E-state index < -0.39 is 0 Å². The molecule has 0 aliphatic carbocycles. The number of hydrogen-bond acceptors (Lipinski definition) is 2. The first kappa shape index (κ1) is 10.5. The maximum atomic E-state index is 11.6. The number of rotatable bonds is 1. The number of ketones is 1. The highest BCUT2D eigenvalue weighted by Crippen LogP contribution is 2.34. The summed E-state index contributed by atoms with van der Waals surface area (Å²) < 4.78 is 5.46. The van der Waals surface area contributed by atoms with E-state index in [-0.39, 0.29) is 5.78 Å². The molecule has 1 aliphatic heterocycles. The quantitative estimate of drug-likeness (QED) is 0.731. The third kappa shape index (κ3) is 1.86. The SMILES string of the molecule is CC(C)c1cc2c(cc1Cl)C(=O)CCO2. The monoisotopic (exact) mass is 224 g/mol. The Morgan fingerprint density at radius 3 is 2.80 bits per heavy atom. The van der Waals surface area contributed by atoms with Crippen LogP contribution in [0.25, 0.3) is 0 Å². The van der Waals surface area contributed by atoms with E-state index in [4.69, 9.17) is 16.3 Å². The molecule has 1 aromatic carbocycles. The third-order valence-corrected chi connectivity index (χ3v) is 2.94. The summed E-state index contributed by atoms with van der Waals surface area (Å²) in [6.07, 6.45) is 0.449. The number of ether oxygens (including phenoxy) is 1. The van der Waals surface area contributed by atoms with Gasteiger partial charge in [0.1, 0.15) is 5.75 Å². The minimum atomic E-state index is 0.119. The molecule has 2 nitrogen and oxygen atoms in total. The van der Waals surface area contributed by atoms with E-state index in [0.717, 1.165) is 5.56 Å². The molecule has 0 spiro atoms. The number of benzene rings is 1. The summed E-state index contributed by atoms with van der Waals surface area (Å²) in [5.74, 6) is 1.14. The minimum Gasteiger partial charge on any atom is -0.492 e. The van der Waals surface area contributed by atoms with E-state index in [1.807, 2.05) is 6.07 Å². The lowest BCUT2D eigenvalue weighted by Crippen LogP contribution is -2.15. The van der Waals surface area contributed by atoms with Gasteiger partial charge in [-0.1, -0.05) is 25.4 Å². The van der Waals surface area contributed by atoms with Crippen LogP contribution in [0.3, 0.4) is 0 Å². The molecule has 80 valence electrons. The average Bonchev–Trinajstić information content (AvgIpc) is 2.18. The first-order chi connectivity index (χ1) is 7.09. The highest BCUT2D eigenvalue weighted by Gasteiger charge is 2.21. The number of Topliss-reactive ketones (excluding diaryl/α,β-unsaturated/α-hetero) is 1. The van der Waals surface area contributed by atoms with E-state index in [1.165, 1.54) is 0 Å². The van der Waals surface area contributed by atoms with Gasteiger partial charge in [0, 0.05) is 11.4 Å². The van der Waals surface area contributed by atoms with Gasteiger partial charge in [-0.05, 0) is 23.6 Å². The standard InChI is InChI=1S/C12H13ClO2/c1-7(2)8-6-12-9(5-10(8)13)11(14)3-4-15-12/h5-7H,3-4H2,1-2H3. The molecule has 0 fully saturated rings. The second kappa shape index (κ2) is 3.86. The highest BCUT2D eigenvalue weighted by molar-refractivity contribution is 6.32. The van der Waals surface area contributed by atoms with Crippen LogP contribution < -0.4 is 4.74 Å². The van der Waals surface area contributed by atoms with Crippen molar-refractivity contribution in [2.24, 2.45) is 0 Å². The fourth-order valence-corrected chi connectivity index (χ4v) is 2.12. The number of fused-ring (bicyclic) bond motifs is 1. The van der Waals surface area contributed by atoms with Gasteiger partial charge in [-0.3, -0.25) is 4.79 Å². The summed E-state index contributed by atoms with van der Waals surface area (Å²) in [5.41, 5.74) is 1.65. The smallest absolute Gasteiger partial charge is 0.170 e. The van der Waals surface area contributed by atoms with Crippen LogP contribution in [-0.4, -0.2) is 12.4 Å². The zero-order valence-electron chi connectivity index (χ0n) is 8.84. The number of carbonyl (C=O) groups excluding carboxylic acids is 1. The van der Waals surface area contributed by atoms with Gasteiger partial charge in [0.25, 0.3) is 0 Å². The van der Waals surface area contributed by atoms with Gasteiger partial charge >= 0.3 is 0 Å². The molecular weight excluding hydrogens is 212 g/mol. The molecule has 0 radical (unpaired) electrons. The van der Waals surface area contributed by atoms with Gasteiger partial charge in [0.05, 0.1) is 12.2 Å². The van der Waals surface area contributed by atoms with Crippen molar-refractivity contribution < 1.29 is 9.53 Å². The van der Waals surface area contributed by atoms with E-state index in [9.17, 15) is 4.79 Å². The molecule has 0 N–H and O–H groups in total. The van der Waals surface area contributed by atoms with E-state index in [2.05, 4.69) is 13.8 Å².